The number of carbonyl (C=O) groups is 1. The van der Waals surface area contributed by atoms with Crippen molar-refractivity contribution in [2.24, 2.45) is 5.92 Å². The van der Waals surface area contributed by atoms with E-state index in [0.29, 0.717) is 18.6 Å². The molecule has 1 N–H and O–H groups in total. The van der Waals surface area contributed by atoms with E-state index < -0.39 is 5.54 Å². The van der Waals surface area contributed by atoms with E-state index in [-0.39, 0.29) is 5.97 Å². The van der Waals surface area contributed by atoms with Gasteiger partial charge in [0.25, 0.3) is 0 Å². The summed E-state index contributed by atoms with van der Waals surface area (Å²) >= 11 is 0. The van der Waals surface area contributed by atoms with Crippen LogP contribution in [0.3, 0.4) is 0 Å². The van der Waals surface area contributed by atoms with Crippen molar-refractivity contribution < 1.29 is 9.53 Å². The summed E-state index contributed by atoms with van der Waals surface area (Å²) in [6.07, 6.45) is 4.18. The SMILES string of the molecule is CCOC(=O)C1(NC(C)CC)CCCC1C. The van der Waals surface area contributed by atoms with E-state index >= 15 is 0 Å². The van der Waals surface area contributed by atoms with Crippen molar-refractivity contribution in [3.05, 3.63) is 0 Å². The molecule has 0 amide bonds. The Morgan fingerprint density at radius 2 is 2.25 bits per heavy atom. The summed E-state index contributed by atoms with van der Waals surface area (Å²) in [4.78, 5) is 12.1. The summed E-state index contributed by atoms with van der Waals surface area (Å²) in [5.41, 5.74) is -0.425. The van der Waals surface area contributed by atoms with Crippen molar-refractivity contribution in [2.75, 3.05) is 6.61 Å². The average molecular weight is 227 g/mol. The molecule has 3 nitrogen and oxygen atoms in total. The molecule has 0 bridgehead atoms. The smallest absolute Gasteiger partial charge is 0.326 e. The van der Waals surface area contributed by atoms with Crippen molar-refractivity contribution in [3.63, 3.8) is 0 Å². The van der Waals surface area contributed by atoms with E-state index in [1.807, 2.05) is 6.92 Å². The van der Waals surface area contributed by atoms with Crippen LogP contribution in [-0.2, 0) is 9.53 Å². The summed E-state index contributed by atoms with van der Waals surface area (Å²) in [7, 11) is 0. The fourth-order valence-electron chi connectivity index (χ4n) is 2.56. The fourth-order valence-corrected chi connectivity index (χ4v) is 2.56. The zero-order chi connectivity index (χ0) is 12.2. The average Bonchev–Trinajstić information content (AvgIpc) is 2.61. The number of rotatable bonds is 5. The minimum Gasteiger partial charge on any atom is -0.465 e. The predicted molar refractivity (Wildman–Crippen MR) is 65.3 cm³/mol. The Labute approximate surface area is 98.9 Å². The summed E-state index contributed by atoms with van der Waals surface area (Å²) < 4.78 is 5.24. The Hall–Kier alpha value is -0.570. The van der Waals surface area contributed by atoms with Crippen LogP contribution in [0.4, 0.5) is 0 Å². The first-order chi connectivity index (χ1) is 7.56. The Balaban J connectivity index is 2.80. The van der Waals surface area contributed by atoms with E-state index in [0.717, 1.165) is 25.7 Å². The second kappa shape index (κ2) is 5.67. The van der Waals surface area contributed by atoms with Crippen molar-refractivity contribution in [1.29, 1.82) is 0 Å². The van der Waals surface area contributed by atoms with Crippen molar-refractivity contribution in [2.45, 2.75) is 65.0 Å². The first-order valence-corrected chi connectivity index (χ1v) is 6.51. The quantitative estimate of drug-likeness (QED) is 0.733. The van der Waals surface area contributed by atoms with Gasteiger partial charge in [0.05, 0.1) is 6.61 Å². The maximum atomic E-state index is 12.1. The molecule has 0 heterocycles. The van der Waals surface area contributed by atoms with Crippen LogP contribution >= 0.6 is 0 Å². The molecule has 1 aliphatic rings. The van der Waals surface area contributed by atoms with E-state index in [4.69, 9.17) is 4.74 Å². The lowest BCUT2D eigenvalue weighted by Gasteiger charge is -2.35. The van der Waals surface area contributed by atoms with Gasteiger partial charge in [-0.05, 0) is 39.0 Å². The molecule has 3 unspecified atom stereocenters. The fraction of sp³-hybridized carbons (Fsp3) is 0.923. The zero-order valence-electron chi connectivity index (χ0n) is 11.0. The van der Waals surface area contributed by atoms with Gasteiger partial charge in [0.15, 0.2) is 0 Å². The van der Waals surface area contributed by atoms with Crippen LogP contribution in [0.25, 0.3) is 0 Å². The first-order valence-electron chi connectivity index (χ1n) is 6.51. The van der Waals surface area contributed by atoms with Crippen molar-refractivity contribution >= 4 is 5.97 Å². The minimum atomic E-state index is -0.425. The molecule has 0 aromatic rings. The number of hydrogen-bond acceptors (Lipinski definition) is 3. The molecular formula is C13H25NO2. The molecule has 1 rings (SSSR count). The zero-order valence-corrected chi connectivity index (χ0v) is 11.0. The number of esters is 1. The van der Waals surface area contributed by atoms with Crippen LogP contribution in [-0.4, -0.2) is 24.2 Å². The Bertz CT molecular complexity index is 242. The predicted octanol–water partition coefficient (Wildman–Crippen LogP) is 2.50. The monoisotopic (exact) mass is 227 g/mol. The minimum absolute atomic E-state index is 0.0553. The molecule has 0 aromatic carbocycles. The van der Waals surface area contributed by atoms with E-state index in [1.165, 1.54) is 0 Å². The highest BCUT2D eigenvalue weighted by Crippen LogP contribution is 2.37. The highest BCUT2D eigenvalue weighted by molar-refractivity contribution is 5.81. The molecule has 1 fully saturated rings. The number of nitrogens with one attached hydrogen (secondary N) is 1. The molecule has 0 spiro atoms. The van der Waals surface area contributed by atoms with Crippen LogP contribution in [0, 0.1) is 5.92 Å². The number of hydrogen-bond donors (Lipinski definition) is 1. The summed E-state index contributed by atoms with van der Waals surface area (Å²) in [6, 6.07) is 0.366. The van der Waals surface area contributed by atoms with Crippen LogP contribution in [0.2, 0.25) is 0 Å². The Kier molecular flexibility index (Phi) is 4.78. The van der Waals surface area contributed by atoms with Crippen LogP contribution in [0.5, 0.6) is 0 Å². The molecule has 0 radical (unpaired) electrons. The van der Waals surface area contributed by atoms with Gasteiger partial charge in [0, 0.05) is 6.04 Å². The van der Waals surface area contributed by atoms with Gasteiger partial charge in [-0.1, -0.05) is 20.3 Å². The molecular weight excluding hydrogens is 202 g/mol. The van der Waals surface area contributed by atoms with Crippen LogP contribution < -0.4 is 5.32 Å². The molecule has 1 saturated carbocycles. The van der Waals surface area contributed by atoms with Gasteiger partial charge >= 0.3 is 5.97 Å². The summed E-state index contributed by atoms with van der Waals surface area (Å²) in [5, 5.41) is 3.50. The number of carbonyl (C=O) groups excluding carboxylic acids is 1. The lowest BCUT2D eigenvalue weighted by Crippen LogP contribution is -2.57. The van der Waals surface area contributed by atoms with E-state index in [9.17, 15) is 4.79 Å². The standard InChI is InChI=1S/C13H25NO2/c1-5-11(4)14-13(12(15)16-6-2)9-7-8-10(13)3/h10-11,14H,5-9H2,1-4H3. The van der Waals surface area contributed by atoms with Crippen molar-refractivity contribution in [3.8, 4) is 0 Å². The third kappa shape index (κ3) is 2.57. The van der Waals surface area contributed by atoms with E-state index in [1.54, 1.807) is 0 Å². The second-order valence-corrected chi connectivity index (χ2v) is 4.94. The topological polar surface area (TPSA) is 38.3 Å². The molecule has 0 aliphatic heterocycles. The molecule has 0 aromatic heterocycles. The third-order valence-corrected chi connectivity index (χ3v) is 3.81. The Morgan fingerprint density at radius 1 is 1.56 bits per heavy atom. The van der Waals surface area contributed by atoms with Crippen LogP contribution in [0.1, 0.15) is 53.4 Å². The van der Waals surface area contributed by atoms with Gasteiger partial charge in [0.2, 0.25) is 0 Å². The van der Waals surface area contributed by atoms with Crippen LogP contribution in [0.15, 0.2) is 0 Å². The van der Waals surface area contributed by atoms with Gasteiger partial charge in [-0.25, -0.2) is 0 Å². The highest BCUT2D eigenvalue weighted by atomic mass is 16.5. The molecule has 16 heavy (non-hydrogen) atoms. The first kappa shape index (κ1) is 13.5. The van der Waals surface area contributed by atoms with Crippen molar-refractivity contribution in [1.82, 2.24) is 5.32 Å². The van der Waals surface area contributed by atoms with Gasteiger partial charge in [0.1, 0.15) is 5.54 Å². The third-order valence-electron chi connectivity index (χ3n) is 3.81. The van der Waals surface area contributed by atoms with Gasteiger partial charge in [-0.3, -0.25) is 10.1 Å². The Morgan fingerprint density at radius 3 is 2.69 bits per heavy atom. The molecule has 3 atom stereocenters. The lowest BCUT2D eigenvalue weighted by atomic mass is 9.87. The lowest BCUT2D eigenvalue weighted by molar-refractivity contribution is -0.153. The largest absolute Gasteiger partial charge is 0.465 e. The summed E-state index contributed by atoms with van der Waals surface area (Å²) in [6.45, 7) is 8.76. The normalized spacial score (nSPS) is 31.4. The molecule has 0 saturated heterocycles. The maximum Gasteiger partial charge on any atom is 0.326 e. The van der Waals surface area contributed by atoms with Gasteiger partial charge < -0.3 is 4.74 Å². The van der Waals surface area contributed by atoms with E-state index in [2.05, 4.69) is 26.1 Å². The molecule has 3 heteroatoms. The number of ether oxygens (including phenoxy) is 1. The molecule has 1 aliphatic carbocycles. The molecule has 94 valence electrons. The second-order valence-electron chi connectivity index (χ2n) is 4.94. The maximum absolute atomic E-state index is 12.1. The van der Waals surface area contributed by atoms with Gasteiger partial charge in [-0.2, -0.15) is 0 Å². The van der Waals surface area contributed by atoms with Gasteiger partial charge in [-0.15, -0.1) is 0 Å². The summed E-state index contributed by atoms with van der Waals surface area (Å²) in [5.74, 6) is 0.320. The highest BCUT2D eigenvalue weighted by Gasteiger charge is 2.48.